The van der Waals surface area contributed by atoms with E-state index in [9.17, 15) is 4.21 Å². The third kappa shape index (κ3) is 4.34. The topological polar surface area (TPSA) is 102 Å². The number of aromatic amines is 1. The Kier molecular flexibility index (Phi) is 6.08. The summed E-state index contributed by atoms with van der Waals surface area (Å²) in [4.78, 5) is 7.62. The predicted molar refractivity (Wildman–Crippen MR) is 124 cm³/mol. The number of benzene rings is 3. The predicted octanol–water partition coefficient (Wildman–Crippen LogP) is 4.08. The van der Waals surface area contributed by atoms with E-state index in [1.54, 1.807) is 14.2 Å². The van der Waals surface area contributed by atoms with Crippen molar-refractivity contribution in [1.82, 2.24) is 9.97 Å². The summed E-state index contributed by atoms with van der Waals surface area (Å²) >= 11 is 0. The van der Waals surface area contributed by atoms with Crippen LogP contribution in [0.3, 0.4) is 0 Å². The van der Waals surface area contributed by atoms with Gasteiger partial charge in [0.1, 0.15) is 11.5 Å². The summed E-state index contributed by atoms with van der Waals surface area (Å²) < 4.78 is 23.9. The summed E-state index contributed by atoms with van der Waals surface area (Å²) in [5, 5.41) is 3.85. The van der Waals surface area contributed by atoms with Gasteiger partial charge >= 0.3 is 0 Å². The van der Waals surface area contributed by atoms with Crippen LogP contribution in [0.15, 0.2) is 65.8 Å². The van der Waals surface area contributed by atoms with Gasteiger partial charge in [0.2, 0.25) is 0 Å². The van der Waals surface area contributed by atoms with Gasteiger partial charge in [0, 0.05) is 6.54 Å². The van der Waals surface area contributed by atoms with Gasteiger partial charge in [-0.1, -0.05) is 36.4 Å². The van der Waals surface area contributed by atoms with Crippen molar-refractivity contribution in [3.05, 3.63) is 71.8 Å². The summed E-state index contributed by atoms with van der Waals surface area (Å²) in [6, 6.07) is 19.0. The van der Waals surface area contributed by atoms with Crippen LogP contribution in [0.2, 0.25) is 0 Å². The van der Waals surface area contributed by atoms with Gasteiger partial charge in [-0.3, -0.25) is 4.21 Å². The highest BCUT2D eigenvalue weighted by Gasteiger charge is 2.16. The van der Waals surface area contributed by atoms with Crippen LogP contribution in [0.25, 0.3) is 11.0 Å². The molecule has 8 heteroatoms. The van der Waals surface area contributed by atoms with Gasteiger partial charge in [-0.25, -0.2) is 4.98 Å². The zero-order valence-corrected chi connectivity index (χ0v) is 18.2. The molecule has 1 aromatic heterocycles. The van der Waals surface area contributed by atoms with Crippen LogP contribution in [-0.2, 0) is 23.1 Å². The molecule has 1 heterocycles. The van der Waals surface area contributed by atoms with Crippen LogP contribution in [0.1, 0.15) is 11.1 Å². The number of para-hydroxylation sites is 4. The van der Waals surface area contributed by atoms with Crippen molar-refractivity contribution in [2.45, 2.75) is 17.5 Å². The van der Waals surface area contributed by atoms with E-state index in [0.29, 0.717) is 28.9 Å². The lowest BCUT2D eigenvalue weighted by Crippen LogP contribution is -2.09. The van der Waals surface area contributed by atoms with Gasteiger partial charge in [-0.15, -0.1) is 0 Å². The average molecular weight is 437 g/mol. The van der Waals surface area contributed by atoms with Crippen molar-refractivity contribution in [2.24, 2.45) is 0 Å². The molecule has 4 N–H and O–H groups in total. The number of rotatable bonds is 8. The molecule has 3 aromatic carbocycles. The zero-order chi connectivity index (χ0) is 21.8. The van der Waals surface area contributed by atoms with E-state index in [-0.39, 0.29) is 5.75 Å². The second kappa shape index (κ2) is 9.09. The van der Waals surface area contributed by atoms with Gasteiger partial charge in [-0.05, 0) is 35.4 Å². The number of hydrogen-bond donors (Lipinski definition) is 3. The average Bonchev–Trinajstić information content (AvgIpc) is 3.23. The number of anilines is 2. The first-order valence-corrected chi connectivity index (χ1v) is 11.1. The molecule has 0 amide bonds. The van der Waals surface area contributed by atoms with E-state index in [0.717, 1.165) is 27.8 Å². The highest BCUT2D eigenvalue weighted by molar-refractivity contribution is 7.84. The number of nitrogens with zero attached hydrogens (tertiary/aromatic N) is 1. The third-order valence-corrected chi connectivity index (χ3v) is 6.23. The summed E-state index contributed by atoms with van der Waals surface area (Å²) in [6.45, 7) is 0.466. The number of hydrogen-bond acceptors (Lipinski definition) is 6. The lowest BCUT2D eigenvalue weighted by Gasteiger charge is -2.17. The second-order valence-corrected chi connectivity index (χ2v) is 8.30. The van der Waals surface area contributed by atoms with Crippen LogP contribution < -0.4 is 20.5 Å². The molecular formula is C23H24N4O3S. The van der Waals surface area contributed by atoms with E-state index in [1.165, 1.54) is 0 Å². The van der Waals surface area contributed by atoms with Crippen LogP contribution in [-0.4, -0.2) is 28.4 Å². The van der Waals surface area contributed by atoms with Crippen LogP contribution in [0.5, 0.6) is 11.5 Å². The van der Waals surface area contributed by atoms with Crippen molar-refractivity contribution >= 4 is 33.2 Å². The van der Waals surface area contributed by atoms with E-state index in [2.05, 4.69) is 15.3 Å². The Morgan fingerprint density at radius 2 is 1.68 bits per heavy atom. The van der Waals surface area contributed by atoms with Gasteiger partial charge in [0.05, 0.1) is 53.2 Å². The van der Waals surface area contributed by atoms with E-state index < -0.39 is 10.8 Å². The number of nitrogens with one attached hydrogen (secondary N) is 2. The maximum absolute atomic E-state index is 13.1. The molecule has 0 aliphatic rings. The van der Waals surface area contributed by atoms with Crippen LogP contribution in [0, 0.1) is 0 Å². The monoisotopic (exact) mass is 436 g/mol. The molecule has 31 heavy (non-hydrogen) atoms. The van der Waals surface area contributed by atoms with Gasteiger partial charge < -0.3 is 25.5 Å². The quantitative estimate of drug-likeness (QED) is 0.360. The first kappa shape index (κ1) is 20.7. The van der Waals surface area contributed by atoms with Crippen molar-refractivity contribution in [3.8, 4) is 11.5 Å². The Balaban J connectivity index is 1.59. The fraction of sp³-hybridized carbons (Fsp3) is 0.174. The number of methoxy groups -OCH3 is 2. The molecule has 160 valence electrons. The zero-order valence-electron chi connectivity index (χ0n) is 17.3. The Morgan fingerprint density at radius 1 is 0.968 bits per heavy atom. The molecule has 0 fully saturated rings. The third-order valence-electron chi connectivity index (χ3n) is 5.03. The molecule has 4 rings (SSSR count). The molecule has 0 aliphatic heterocycles. The number of ether oxygens (including phenoxy) is 2. The summed E-state index contributed by atoms with van der Waals surface area (Å²) in [5.74, 6) is 1.58. The van der Waals surface area contributed by atoms with E-state index >= 15 is 0 Å². The highest BCUT2D eigenvalue weighted by atomic mass is 32.2. The molecule has 1 unspecified atom stereocenters. The Hall–Kier alpha value is -3.52. The summed E-state index contributed by atoms with van der Waals surface area (Å²) in [7, 11) is 1.85. The first-order chi connectivity index (χ1) is 15.1. The summed E-state index contributed by atoms with van der Waals surface area (Å²) in [6.07, 6.45) is 0. The molecule has 0 bridgehead atoms. The Bertz CT molecular complexity index is 1210. The molecule has 0 saturated heterocycles. The van der Waals surface area contributed by atoms with Crippen LogP contribution >= 0.6 is 0 Å². The molecule has 7 nitrogen and oxygen atoms in total. The van der Waals surface area contributed by atoms with Crippen molar-refractivity contribution < 1.29 is 13.7 Å². The second-order valence-electron chi connectivity index (χ2n) is 6.93. The summed E-state index contributed by atoms with van der Waals surface area (Å²) in [5.41, 5.74) is 11.0. The lowest BCUT2D eigenvalue weighted by atomic mass is 10.1. The van der Waals surface area contributed by atoms with Crippen molar-refractivity contribution in [3.63, 3.8) is 0 Å². The maximum atomic E-state index is 13.1. The first-order valence-electron chi connectivity index (χ1n) is 9.75. The smallest absolute Gasteiger partial charge is 0.197 e. The molecule has 0 spiro atoms. The molecule has 0 radical (unpaired) electrons. The minimum atomic E-state index is -1.35. The highest BCUT2D eigenvalue weighted by Crippen LogP contribution is 2.32. The fourth-order valence-electron chi connectivity index (χ4n) is 3.42. The van der Waals surface area contributed by atoms with Gasteiger partial charge in [-0.2, -0.15) is 0 Å². The fourth-order valence-corrected chi connectivity index (χ4v) is 4.50. The molecule has 1 atom stereocenters. The Labute approximate surface area is 183 Å². The van der Waals surface area contributed by atoms with Crippen LogP contribution in [0.4, 0.5) is 11.4 Å². The lowest BCUT2D eigenvalue weighted by molar-refractivity contribution is 0.416. The number of H-pyrrole nitrogens is 1. The number of aromatic nitrogens is 2. The van der Waals surface area contributed by atoms with Crippen molar-refractivity contribution in [1.29, 1.82) is 0 Å². The SMILES string of the molecule is COc1cccc(CNc2c(CS(=O)c3nc4ccccc4[nH]3)cccc2OC)c1N. The number of nitrogen functional groups attached to an aromatic ring is 1. The normalized spacial score (nSPS) is 11.9. The number of nitrogens with two attached hydrogens (primary N) is 1. The molecule has 0 aliphatic carbocycles. The Morgan fingerprint density at radius 3 is 2.42 bits per heavy atom. The number of imidazole rings is 1. The van der Waals surface area contributed by atoms with Crippen molar-refractivity contribution in [2.75, 3.05) is 25.3 Å². The molecule has 0 saturated carbocycles. The van der Waals surface area contributed by atoms with E-state index in [1.807, 2.05) is 60.7 Å². The van der Waals surface area contributed by atoms with Gasteiger partial charge in [0.15, 0.2) is 5.16 Å². The minimum absolute atomic E-state index is 0.285. The largest absolute Gasteiger partial charge is 0.495 e. The minimum Gasteiger partial charge on any atom is -0.495 e. The maximum Gasteiger partial charge on any atom is 0.197 e. The molecular weight excluding hydrogens is 412 g/mol. The standard InChI is InChI=1S/C23H24N4O3S/c1-29-19-11-5-7-15(21(19)24)13-25-22-16(8-6-12-20(22)30-2)14-31(28)23-26-17-9-3-4-10-18(17)27-23/h3-12,25H,13-14,24H2,1-2H3,(H,26,27). The van der Waals surface area contributed by atoms with Gasteiger partial charge in [0.25, 0.3) is 0 Å². The van der Waals surface area contributed by atoms with E-state index in [4.69, 9.17) is 15.2 Å². The number of fused-ring (bicyclic) bond motifs is 1. The molecule has 4 aromatic rings.